The molecule has 0 saturated carbocycles. The first kappa shape index (κ1) is 15.2. The Balaban J connectivity index is 2.19. The van der Waals surface area contributed by atoms with Gasteiger partial charge in [-0.3, -0.25) is 16.0 Å². The molecule has 0 aliphatic heterocycles. The monoisotopic (exact) mass is 336 g/mol. The summed E-state index contributed by atoms with van der Waals surface area (Å²) in [5.74, 6) is 5.72. The van der Waals surface area contributed by atoms with E-state index in [0.29, 0.717) is 6.04 Å². The number of nitrogens with zero attached hydrogens (tertiary/aromatic N) is 2. The second kappa shape index (κ2) is 6.52. The second-order valence-electron chi connectivity index (χ2n) is 5.37. The van der Waals surface area contributed by atoms with Crippen LogP contribution in [0.5, 0.6) is 0 Å². The third-order valence-corrected chi connectivity index (χ3v) is 3.73. The van der Waals surface area contributed by atoms with Crippen molar-refractivity contribution in [1.29, 1.82) is 0 Å². The number of aryl methyl sites for hydroxylation is 1. The minimum atomic E-state index is 0.0571. The zero-order chi connectivity index (χ0) is 14.7. The van der Waals surface area contributed by atoms with Crippen molar-refractivity contribution in [2.24, 2.45) is 5.84 Å². The lowest BCUT2D eigenvalue weighted by molar-refractivity contribution is 0.506. The number of halogens is 1. The zero-order valence-corrected chi connectivity index (χ0v) is 13.7. The number of benzene rings is 1. The fraction of sp³-hybridized carbons (Fsp3) is 0.400. The van der Waals surface area contributed by atoms with E-state index < -0.39 is 0 Å². The maximum Gasteiger partial charge on any atom is 0.0644 e. The number of hydrogen-bond acceptors (Lipinski definition) is 3. The first-order chi connectivity index (χ1) is 9.49. The Morgan fingerprint density at radius 1 is 1.35 bits per heavy atom. The molecule has 2 aromatic rings. The highest BCUT2D eigenvalue weighted by Crippen LogP contribution is 2.23. The van der Waals surface area contributed by atoms with Crippen LogP contribution in [0.25, 0.3) is 0 Å². The molecule has 20 heavy (non-hydrogen) atoms. The molecule has 0 spiro atoms. The van der Waals surface area contributed by atoms with E-state index in [-0.39, 0.29) is 6.04 Å². The molecule has 1 atom stereocenters. The van der Waals surface area contributed by atoms with Gasteiger partial charge in [-0.2, -0.15) is 5.10 Å². The predicted molar refractivity (Wildman–Crippen MR) is 85.3 cm³/mol. The van der Waals surface area contributed by atoms with Crippen LogP contribution in [0.2, 0.25) is 0 Å². The van der Waals surface area contributed by atoms with E-state index in [1.165, 1.54) is 11.1 Å². The van der Waals surface area contributed by atoms with Crippen LogP contribution in [0.1, 0.15) is 42.8 Å². The Labute approximate surface area is 128 Å². The SMILES string of the molecule is Cc1cc(Br)cc(C(Cc2ccn(C(C)C)n2)NN)c1. The van der Waals surface area contributed by atoms with Crippen molar-refractivity contribution in [2.75, 3.05) is 0 Å². The summed E-state index contributed by atoms with van der Waals surface area (Å²) in [5.41, 5.74) is 6.31. The number of nitrogens with one attached hydrogen (secondary N) is 1. The van der Waals surface area contributed by atoms with Crippen molar-refractivity contribution in [3.8, 4) is 0 Å². The van der Waals surface area contributed by atoms with Gasteiger partial charge in [0, 0.05) is 23.1 Å². The smallest absolute Gasteiger partial charge is 0.0644 e. The van der Waals surface area contributed by atoms with Gasteiger partial charge in [0.25, 0.3) is 0 Å². The Kier molecular flexibility index (Phi) is 4.96. The molecule has 1 aromatic carbocycles. The van der Waals surface area contributed by atoms with Crippen molar-refractivity contribution < 1.29 is 0 Å². The molecular weight excluding hydrogens is 316 g/mol. The molecule has 5 heteroatoms. The van der Waals surface area contributed by atoms with Gasteiger partial charge in [-0.15, -0.1) is 0 Å². The molecule has 4 nitrogen and oxygen atoms in total. The van der Waals surface area contributed by atoms with Crippen LogP contribution in [-0.2, 0) is 6.42 Å². The van der Waals surface area contributed by atoms with Gasteiger partial charge < -0.3 is 0 Å². The average molecular weight is 337 g/mol. The second-order valence-corrected chi connectivity index (χ2v) is 6.28. The molecular formula is C15H21BrN4. The van der Waals surface area contributed by atoms with Gasteiger partial charge in [0.05, 0.1) is 11.7 Å². The van der Waals surface area contributed by atoms with Crippen LogP contribution in [-0.4, -0.2) is 9.78 Å². The van der Waals surface area contributed by atoms with Crippen LogP contribution in [0.3, 0.4) is 0 Å². The Bertz CT molecular complexity index is 557. The molecule has 0 saturated heterocycles. The Morgan fingerprint density at radius 3 is 2.65 bits per heavy atom. The summed E-state index contributed by atoms with van der Waals surface area (Å²) < 4.78 is 3.04. The van der Waals surface area contributed by atoms with Crippen molar-refractivity contribution >= 4 is 15.9 Å². The lowest BCUT2D eigenvalue weighted by Gasteiger charge is -2.16. The van der Waals surface area contributed by atoms with Crippen LogP contribution in [0, 0.1) is 6.92 Å². The Morgan fingerprint density at radius 2 is 2.10 bits per heavy atom. The van der Waals surface area contributed by atoms with E-state index >= 15 is 0 Å². The van der Waals surface area contributed by atoms with Gasteiger partial charge in [0.2, 0.25) is 0 Å². The molecule has 0 aliphatic rings. The molecule has 2 rings (SSSR count). The minimum absolute atomic E-state index is 0.0571. The third kappa shape index (κ3) is 3.69. The lowest BCUT2D eigenvalue weighted by Crippen LogP contribution is -2.29. The summed E-state index contributed by atoms with van der Waals surface area (Å²) in [4.78, 5) is 0. The molecule has 0 amide bonds. The van der Waals surface area contributed by atoms with Gasteiger partial charge in [-0.25, -0.2) is 0 Å². The summed E-state index contributed by atoms with van der Waals surface area (Å²) in [7, 11) is 0. The Hall–Kier alpha value is -1.17. The average Bonchev–Trinajstić information content (AvgIpc) is 2.83. The fourth-order valence-electron chi connectivity index (χ4n) is 2.22. The van der Waals surface area contributed by atoms with Gasteiger partial charge in [-0.05, 0) is 50.1 Å². The highest BCUT2D eigenvalue weighted by Gasteiger charge is 2.14. The first-order valence-electron chi connectivity index (χ1n) is 6.77. The van der Waals surface area contributed by atoms with Gasteiger partial charge in [-0.1, -0.05) is 22.0 Å². The summed E-state index contributed by atoms with van der Waals surface area (Å²) in [6.45, 7) is 6.32. The van der Waals surface area contributed by atoms with E-state index in [2.05, 4.69) is 71.5 Å². The van der Waals surface area contributed by atoms with Crippen LogP contribution in [0.15, 0.2) is 34.9 Å². The summed E-state index contributed by atoms with van der Waals surface area (Å²) in [5, 5.41) is 4.58. The molecule has 1 heterocycles. The quantitative estimate of drug-likeness (QED) is 0.650. The van der Waals surface area contributed by atoms with Gasteiger partial charge in [0.1, 0.15) is 0 Å². The molecule has 0 fully saturated rings. The van der Waals surface area contributed by atoms with E-state index in [4.69, 9.17) is 5.84 Å². The molecule has 1 aromatic heterocycles. The topological polar surface area (TPSA) is 55.9 Å². The van der Waals surface area contributed by atoms with Gasteiger partial charge in [0.15, 0.2) is 0 Å². The number of aromatic nitrogens is 2. The zero-order valence-electron chi connectivity index (χ0n) is 12.1. The molecule has 0 aliphatic carbocycles. The third-order valence-electron chi connectivity index (χ3n) is 3.27. The summed E-state index contributed by atoms with van der Waals surface area (Å²) in [6.07, 6.45) is 2.78. The van der Waals surface area contributed by atoms with Crippen LogP contribution >= 0.6 is 15.9 Å². The fourth-order valence-corrected chi connectivity index (χ4v) is 2.85. The van der Waals surface area contributed by atoms with E-state index in [9.17, 15) is 0 Å². The molecule has 3 N–H and O–H groups in total. The largest absolute Gasteiger partial charge is 0.271 e. The predicted octanol–water partition coefficient (Wildman–Crippen LogP) is 3.28. The highest BCUT2D eigenvalue weighted by molar-refractivity contribution is 9.10. The first-order valence-corrected chi connectivity index (χ1v) is 7.56. The van der Waals surface area contributed by atoms with Crippen molar-refractivity contribution in [2.45, 2.75) is 39.3 Å². The molecule has 0 bridgehead atoms. The number of hydrazine groups is 1. The van der Waals surface area contributed by atoms with Crippen molar-refractivity contribution in [3.63, 3.8) is 0 Å². The summed E-state index contributed by atoms with van der Waals surface area (Å²) in [6, 6.07) is 8.81. The van der Waals surface area contributed by atoms with Crippen LogP contribution < -0.4 is 11.3 Å². The van der Waals surface area contributed by atoms with E-state index in [1.807, 2.05) is 10.9 Å². The van der Waals surface area contributed by atoms with Crippen LogP contribution in [0.4, 0.5) is 0 Å². The maximum absolute atomic E-state index is 5.72. The van der Waals surface area contributed by atoms with Gasteiger partial charge >= 0.3 is 0 Å². The molecule has 0 radical (unpaired) electrons. The normalized spacial score (nSPS) is 12.9. The lowest BCUT2D eigenvalue weighted by atomic mass is 10.0. The number of hydrogen-bond donors (Lipinski definition) is 2. The molecule has 1 unspecified atom stereocenters. The maximum atomic E-state index is 5.72. The van der Waals surface area contributed by atoms with Crippen molar-refractivity contribution in [3.05, 3.63) is 51.8 Å². The highest BCUT2D eigenvalue weighted by atomic mass is 79.9. The number of nitrogens with two attached hydrogens (primary N) is 1. The van der Waals surface area contributed by atoms with E-state index in [1.54, 1.807) is 0 Å². The van der Waals surface area contributed by atoms with E-state index in [0.717, 1.165) is 16.6 Å². The molecule has 108 valence electrons. The minimum Gasteiger partial charge on any atom is -0.271 e. The standard InChI is InChI=1S/C15H21BrN4/c1-10(2)20-5-4-14(19-20)9-15(18-17)12-6-11(3)7-13(16)8-12/h4-8,10,15,18H,9,17H2,1-3H3. The van der Waals surface area contributed by atoms with Crippen molar-refractivity contribution in [1.82, 2.24) is 15.2 Å². The number of rotatable bonds is 5. The summed E-state index contributed by atoms with van der Waals surface area (Å²) >= 11 is 3.53.